The van der Waals surface area contributed by atoms with Gasteiger partial charge in [0.1, 0.15) is 5.52 Å². The fraction of sp³-hybridized carbons (Fsp3) is 0.190. The first-order chi connectivity index (χ1) is 11.6. The molecular weight excluding hydrogens is 291 g/mol. The molecule has 0 bridgehead atoms. The fourth-order valence-electron chi connectivity index (χ4n) is 3.77. The van der Waals surface area contributed by atoms with Crippen molar-refractivity contribution in [2.45, 2.75) is 20.7 Å². The molecule has 2 heterocycles. The molecule has 0 amide bonds. The summed E-state index contributed by atoms with van der Waals surface area (Å²) in [5.74, 6) is 1.23. The van der Waals surface area contributed by atoms with E-state index in [-0.39, 0.29) is 0 Å². The van der Waals surface area contributed by atoms with Crippen molar-refractivity contribution in [2.24, 2.45) is 7.05 Å². The first-order valence-corrected chi connectivity index (χ1v) is 8.52. The summed E-state index contributed by atoms with van der Waals surface area (Å²) in [6, 6.07) is 19.6. The molecule has 24 heavy (non-hydrogen) atoms. The van der Waals surface area contributed by atoms with E-state index < -0.39 is 0 Å². The molecule has 2 aromatic carbocycles. The first kappa shape index (κ1) is 15.0. The highest BCUT2D eigenvalue weighted by atomic mass is 15.2. The highest BCUT2D eigenvalue weighted by Crippen LogP contribution is 2.23. The van der Waals surface area contributed by atoms with Gasteiger partial charge in [-0.3, -0.25) is 4.81 Å². The van der Waals surface area contributed by atoms with Gasteiger partial charge in [0.05, 0.1) is 13.2 Å². The minimum absolute atomic E-state index is 0.340. The molecule has 3 heteroatoms. The minimum atomic E-state index is 0.340. The normalized spacial score (nSPS) is 13.9. The molecule has 0 atom stereocenters. The Kier molecular flexibility index (Phi) is 3.45. The van der Waals surface area contributed by atoms with Crippen LogP contribution in [0, 0.1) is 6.92 Å². The Hall–Kier alpha value is -2.55. The maximum atomic E-state index is 2.40. The van der Waals surface area contributed by atoms with Crippen molar-refractivity contribution in [1.82, 2.24) is 0 Å². The van der Waals surface area contributed by atoms with Gasteiger partial charge in [-0.05, 0) is 43.0 Å². The number of nitrogens with zero attached hydrogens (tertiary/aromatic N) is 2. The molecule has 0 fully saturated rings. The van der Waals surface area contributed by atoms with Crippen LogP contribution >= 0.6 is 0 Å². The molecule has 0 saturated heterocycles. The Labute approximate surface area is 143 Å². The largest absolute Gasteiger partial charge is 0.405 e. The number of fused-ring (bicyclic) bond motifs is 2. The zero-order valence-electron chi connectivity index (χ0n) is 14.7. The third-order valence-corrected chi connectivity index (χ3v) is 5.35. The van der Waals surface area contributed by atoms with E-state index in [0.29, 0.717) is 6.85 Å². The van der Waals surface area contributed by atoms with E-state index in [9.17, 15) is 0 Å². The van der Waals surface area contributed by atoms with Crippen molar-refractivity contribution in [3.05, 3.63) is 70.6 Å². The van der Waals surface area contributed by atoms with E-state index in [4.69, 9.17) is 0 Å². The molecule has 4 rings (SSSR count). The number of aryl methyl sites for hydroxylation is 2. The lowest BCUT2D eigenvalue weighted by molar-refractivity contribution is -0.631. The van der Waals surface area contributed by atoms with Gasteiger partial charge in [-0.1, -0.05) is 42.5 Å². The van der Waals surface area contributed by atoms with Gasteiger partial charge in [-0.15, -0.1) is 0 Å². The Morgan fingerprint density at radius 1 is 0.958 bits per heavy atom. The Balaban J connectivity index is 1.99. The lowest BCUT2D eigenvalue weighted by Crippen LogP contribution is -2.50. The summed E-state index contributed by atoms with van der Waals surface area (Å²) >= 11 is 0. The summed E-state index contributed by atoms with van der Waals surface area (Å²) in [5.41, 5.74) is 4.00. The molecule has 0 radical (unpaired) electrons. The second-order valence-corrected chi connectivity index (χ2v) is 6.74. The number of aromatic nitrogens is 1. The number of hydrogen-bond acceptors (Lipinski definition) is 1. The van der Waals surface area contributed by atoms with Crippen molar-refractivity contribution < 1.29 is 4.57 Å². The molecule has 0 saturated carbocycles. The average molecular weight is 313 g/mol. The van der Waals surface area contributed by atoms with Crippen LogP contribution in [0.2, 0.25) is 6.82 Å². The highest BCUT2D eigenvalue weighted by Gasteiger charge is 2.32. The summed E-state index contributed by atoms with van der Waals surface area (Å²) in [4.78, 5) is 2.40. The van der Waals surface area contributed by atoms with E-state index in [2.05, 4.69) is 97.9 Å². The van der Waals surface area contributed by atoms with E-state index >= 15 is 0 Å². The van der Waals surface area contributed by atoms with Crippen LogP contribution in [0.15, 0.2) is 54.6 Å². The second-order valence-electron chi connectivity index (χ2n) is 6.74. The van der Waals surface area contributed by atoms with Crippen LogP contribution in [0.5, 0.6) is 0 Å². The van der Waals surface area contributed by atoms with Crippen LogP contribution in [0.25, 0.3) is 22.6 Å². The van der Waals surface area contributed by atoms with Crippen molar-refractivity contribution in [3.63, 3.8) is 0 Å². The zero-order chi connectivity index (χ0) is 16.8. The van der Waals surface area contributed by atoms with Gasteiger partial charge in [0, 0.05) is 16.7 Å². The molecule has 2 nitrogen and oxygen atoms in total. The Bertz CT molecular complexity index is 1070. The van der Waals surface area contributed by atoms with Crippen LogP contribution < -0.4 is 19.8 Å². The number of anilines is 1. The van der Waals surface area contributed by atoms with Crippen LogP contribution in [0.1, 0.15) is 12.5 Å². The molecule has 0 aliphatic carbocycles. The van der Waals surface area contributed by atoms with Gasteiger partial charge in [-0.25, -0.2) is 4.57 Å². The number of para-hydroxylation sites is 1. The smallest absolute Gasteiger partial charge is 0.293 e. The molecule has 1 aliphatic rings. The summed E-state index contributed by atoms with van der Waals surface area (Å²) in [5, 5.41) is 3.97. The van der Waals surface area contributed by atoms with Gasteiger partial charge in [0.15, 0.2) is 0 Å². The number of rotatable bonds is 1. The number of benzene rings is 2. The quantitative estimate of drug-likeness (QED) is 0.495. The van der Waals surface area contributed by atoms with Gasteiger partial charge in [0.25, 0.3) is 5.82 Å². The Morgan fingerprint density at radius 2 is 1.67 bits per heavy atom. The van der Waals surface area contributed by atoms with Crippen molar-refractivity contribution >= 4 is 35.2 Å². The lowest BCUT2D eigenvalue weighted by Gasteiger charge is -2.24. The predicted octanol–water partition coefficient (Wildman–Crippen LogP) is 2.56. The van der Waals surface area contributed by atoms with Crippen molar-refractivity contribution in [3.8, 4) is 0 Å². The molecule has 0 spiro atoms. The number of hydrogen-bond donors (Lipinski definition) is 0. The summed E-state index contributed by atoms with van der Waals surface area (Å²) in [6.45, 7) is 7.07. The standard InChI is InChI=1S/C21H22BN2/c1-15-13-21(23(4)20-12-8-7-10-18(15)20)24-14-17-9-5-6-11-19(17)16(2)22(24)3/h5-14H,1-4H3/q+1. The second kappa shape index (κ2) is 5.52. The third kappa shape index (κ3) is 2.15. The van der Waals surface area contributed by atoms with Gasteiger partial charge >= 0.3 is 6.85 Å². The summed E-state index contributed by atoms with van der Waals surface area (Å²) < 4.78 is 2.30. The average Bonchev–Trinajstić information content (AvgIpc) is 2.61. The molecular formula is C21H22BN2+. The fourth-order valence-corrected chi connectivity index (χ4v) is 3.77. The maximum absolute atomic E-state index is 2.40. The van der Waals surface area contributed by atoms with Gasteiger partial charge in [0.2, 0.25) is 0 Å². The lowest BCUT2D eigenvalue weighted by atomic mass is 9.55. The minimum Gasteiger partial charge on any atom is -0.293 e. The molecule has 0 N–H and O–H groups in total. The molecule has 1 aliphatic heterocycles. The Morgan fingerprint density at radius 3 is 2.50 bits per heavy atom. The molecule has 118 valence electrons. The SMILES string of the molecule is CB1C(C)=c2ccccc2=CN1c1cc(C)c2ccccc2[n+]1C. The van der Waals surface area contributed by atoms with Crippen LogP contribution in [-0.2, 0) is 7.05 Å². The molecule has 3 aromatic rings. The first-order valence-electron chi connectivity index (χ1n) is 8.52. The van der Waals surface area contributed by atoms with Gasteiger partial charge in [-0.2, -0.15) is 0 Å². The van der Waals surface area contributed by atoms with Gasteiger partial charge < -0.3 is 0 Å². The van der Waals surface area contributed by atoms with Crippen molar-refractivity contribution in [2.75, 3.05) is 4.81 Å². The maximum Gasteiger partial charge on any atom is 0.405 e. The molecule has 1 aromatic heterocycles. The summed E-state index contributed by atoms with van der Waals surface area (Å²) in [7, 11) is 2.16. The van der Waals surface area contributed by atoms with Crippen LogP contribution in [-0.4, -0.2) is 6.85 Å². The van der Waals surface area contributed by atoms with Crippen LogP contribution in [0.3, 0.4) is 0 Å². The van der Waals surface area contributed by atoms with Crippen LogP contribution in [0.4, 0.5) is 5.82 Å². The van der Waals surface area contributed by atoms with E-state index in [1.807, 2.05) is 0 Å². The monoisotopic (exact) mass is 313 g/mol. The van der Waals surface area contributed by atoms with E-state index in [1.165, 1.54) is 38.2 Å². The number of pyridine rings is 1. The highest BCUT2D eigenvalue weighted by molar-refractivity contribution is 6.80. The predicted molar refractivity (Wildman–Crippen MR) is 103 cm³/mol. The van der Waals surface area contributed by atoms with E-state index in [0.717, 1.165) is 0 Å². The topological polar surface area (TPSA) is 7.12 Å². The van der Waals surface area contributed by atoms with E-state index in [1.54, 1.807) is 0 Å². The summed E-state index contributed by atoms with van der Waals surface area (Å²) in [6.07, 6.45) is 2.29. The third-order valence-electron chi connectivity index (χ3n) is 5.35. The van der Waals surface area contributed by atoms with Crippen molar-refractivity contribution in [1.29, 1.82) is 0 Å². The molecule has 0 unspecified atom stereocenters. The zero-order valence-corrected chi connectivity index (χ0v) is 14.7.